The number of aliphatic hydroxyl groups is 2. The van der Waals surface area contributed by atoms with Gasteiger partial charge in [-0.05, 0) is 54.5 Å². The Bertz CT molecular complexity index is 1700. The van der Waals surface area contributed by atoms with Gasteiger partial charge in [-0.3, -0.25) is 9.59 Å². The van der Waals surface area contributed by atoms with Crippen LogP contribution in [0, 0.1) is 28.1 Å². The number of halogens is 1. The Labute approximate surface area is 272 Å². The van der Waals surface area contributed by atoms with E-state index in [0.717, 1.165) is 4.47 Å². The predicted octanol–water partition coefficient (Wildman–Crippen LogP) is 2.85. The number of carbonyl (C=O) groups is 4. The van der Waals surface area contributed by atoms with Crippen molar-refractivity contribution in [3.05, 3.63) is 69.7 Å². The summed E-state index contributed by atoms with van der Waals surface area (Å²) in [4.78, 5) is 53.5. The minimum Gasteiger partial charge on any atom is -0.459 e. The van der Waals surface area contributed by atoms with E-state index in [1.165, 1.54) is 6.92 Å². The topological polar surface area (TPSA) is 155 Å². The molecule has 46 heavy (non-hydrogen) atoms. The van der Waals surface area contributed by atoms with Crippen molar-refractivity contribution in [2.24, 2.45) is 28.1 Å². The summed E-state index contributed by atoms with van der Waals surface area (Å²) in [6, 6.07) is 13.9. The van der Waals surface area contributed by atoms with Gasteiger partial charge in [0.1, 0.15) is 12.2 Å². The lowest BCUT2D eigenvalue weighted by Gasteiger charge is -2.48. The number of carbonyl (C=O) groups excluding carboxylic acids is 4. The molecule has 0 radical (unpaired) electrons. The molecule has 6 aliphatic rings. The first-order valence-corrected chi connectivity index (χ1v) is 16.2. The molecule has 4 heterocycles. The summed E-state index contributed by atoms with van der Waals surface area (Å²) in [5.41, 5.74) is -6.63. The van der Waals surface area contributed by atoms with Crippen molar-refractivity contribution < 1.29 is 53.1 Å². The van der Waals surface area contributed by atoms with Crippen LogP contribution in [0.2, 0.25) is 0 Å². The van der Waals surface area contributed by atoms with Gasteiger partial charge in [-0.25, -0.2) is 9.59 Å². The molecule has 0 amide bonds. The Hall–Kier alpha value is -3.16. The molecule has 0 bridgehead atoms. The molecule has 2 aliphatic carbocycles. The predicted molar refractivity (Wildman–Crippen MR) is 159 cm³/mol. The summed E-state index contributed by atoms with van der Waals surface area (Å²) in [5.74, 6) is -4.28. The van der Waals surface area contributed by atoms with E-state index < -0.39 is 87.9 Å². The highest BCUT2D eigenvalue weighted by molar-refractivity contribution is 9.10. The molecule has 12 heteroatoms. The first kappa shape index (κ1) is 30.2. The third-order valence-electron chi connectivity index (χ3n) is 11.7. The molecule has 2 aromatic rings. The van der Waals surface area contributed by atoms with Crippen LogP contribution < -0.4 is 0 Å². The van der Waals surface area contributed by atoms with Crippen molar-refractivity contribution in [1.29, 1.82) is 0 Å². The van der Waals surface area contributed by atoms with Gasteiger partial charge in [0, 0.05) is 15.6 Å². The first-order valence-electron chi connectivity index (χ1n) is 15.4. The second-order valence-corrected chi connectivity index (χ2v) is 15.4. The zero-order chi connectivity index (χ0) is 32.8. The number of benzene rings is 2. The molecule has 4 saturated heterocycles. The van der Waals surface area contributed by atoms with Gasteiger partial charge in [-0.15, -0.1) is 0 Å². The van der Waals surface area contributed by atoms with E-state index in [1.807, 2.05) is 20.8 Å². The molecule has 2 saturated carbocycles. The molecule has 2 aromatic carbocycles. The zero-order valence-corrected chi connectivity index (χ0v) is 27.1. The Morgan fingerprint density at radius 3 is 2.24 bits per heavy atom. The lowest BCUT2D eigenvalue weighted by molar-refractivity contribution is -0.240. The number of ketones is 1. The van der Waals surface area contributed by atoms with Crippen LogP contribution in [0.15, 0.2) is 53.0 Å². The molecular weight excluding hydrogens is 664 g/mol. The number of esters is 3. The van der Waals surface area contributed by atoms with Crippen molar-refractivity contribution in [3.8, 4) is 0 Å². The second-order valence-electron chi connectivity index (χ2n) is 14.5. The monoisotopic (exact) mass is 696 g/mol. The van der Waals surface area contributed by atoms with E-state index in [4.69, 9.17) is 23.7 Å². The van der Waals surface area contributed by atoms with Gasteiger partial charge in [0.25, 0.3) is 0 Å². The molecule has 11 nitrogen and oxygen atoms in total. The molecule has 11 atom stereocenters. The van der Waals surface area contributed by atoms with Crippen molar-refractivity contribution in [2.75, 3.05) is 0 Å². The molecule has 4 aliphatic heterocycles. The molecule has 8 rings (SSSR count). The van der Waals surface area contributed by atoms with E-state index in [9.17, 15) is 29.4 Å². The van der Waals surface area contributed by atoms with Gasteiger partial charge in [0.2, 0.25) is 11.9 Å². The van der Waals surface area contributed by atoms with E-state index >= 15 is 0 Å². The molecule has 0 aromatic heterocycles. The highest BCUT2D eigenvalue weighted by Crippen LogP contribution is 2.84. The number of rotatable bonds is 5. The summed E-state index contributed by atoms with van der Waals surface area (Å²) >= 11 is 3.37. The SMILES string of the molecule is C[C@@H]1C(=O)O[C@@H]2[C@@H](O)[C@]34[C@@H]5C[C@@H](C(C)(C)C)[C@@]36[C@H](OC(=O)[C@@H]6OCc3ccc(C(=O)c6ccc(Br)cc6)cc3)O[C@]4(C(=O)O5)[C@]12O. The summed E-state index contributed by atoms with van der Waals surface area (Å²) in [5, 5.41) is 24.5. The fourth-order valence-electron chi connectivity index (χ4n) is 10.00. The Kier molecular flexibility index (Phi) is 6.07. The standard InChI is InChI=1S/C34H33BrO11/c1-15-26(38)44-24-23(37)32-21-13-20(30(2,3)4)31(32)25(27(39)45-29(31)46-34(32,28(40)43-21)33(15,24)41)42-14-16-5-7-17(8-6-16)22(36)18-9-11-19(35)12-10-18/h5-12,15,20-21,23-25,29,37,41H,13-14H2,1-4H3/t15-,20+,21+,23-,24-,25+,29-,31-,32-,33+,34+/m1/s1. The molecule has 6 fully saturated rings. The van der Waals surface area contributed by atoms with E-state index in [-0.39, 0.29) is 18.8 Å². The average Bonchev–Trinajstić information content (AvgIpc) is 3.73. The lowest BCUT2D eigenvalue weighted by atomic mass is 9.51. The molecule has 242 valence electrons. The quantitative estimate of drug-likeness (QED) is 0.269. The van der Waals surface area contributed by atoms with Gasteiger partial charge in [0.05, 0.1) is 23.4 Å². The number of fused-ring (bicyclic) bond motifs is 1. The van der Waals surface area contributed by atoms with Crippen LogP contribution in [0.25, 0.3) is 0 Å². The van der Waals surface area contributed by atoms with Crippen LogP contribution in [0.5, 0.6) is 0 Å². The summed E-state index contributed by atoms with van der Waals surface area (Å²) in [6.07, 6.45) is -6.58. The highest BCUT2D eigenvalue weighted by Gasteiger charge is 3.04. The molecule has 2 spiro atoms. The van der Waals surface area contributed by atoms with Crippen LogP contribution in [0.4, 0.5) is 0 Å². The van der Waals surface area contributed by atoms with E-state index in [2.05, 4.69) is 15.9 Å². The highest BCUT2D eigenvalue weighted by atomic mass is 79.9. The Morgan fingerprint density at radius 1 is 0.978 bits per heavy atom. The van der Waals surface area contributed by atoms with Gasteiger partial charge in [-0.1, -0.05) is 61.0 Å². The molecular formula is C34H33BrO11. The first-order chi connectivity index (χ1) is 21.7. The normalized spacial score (nSPS) is 43.1. The van der Waals surface area contributed by atoms with Crippen molar-refractivity contribution in [1.82, 2.24) is 0 Å². The number of hydrogen-bond acceptors (Lipinski definition) is 11. The number of aliphatic hydroxyl groups excluding tert-OH is 1. The number of ether oxygens (including phenoxy) is 5. The van der Waals surface area contributed by atoms with Crippen LogP contribution >= 0.6 is 15.9 Å². The van der Waals surface area contributed by atoms with Crippen LogP contribution in [0.3, 0.4) is 0 Å². The summed E-state index contributed by atoms with van der Waals surface area (Å²) < 4.78 is 31.1. The largest absolute Gasteiger partial charge is 0.459 e. The van der Waals surface area contributed by atoms with Crippen LogP contribution in [-0.4, -0.2) is 75.8 Å². The summed E-state index contributed by atoms with van der Waals surface area (Å²) in [6.45, 7) is 7.28. The average molecular weight is 698 g/mol. The van der Waals surface area contributed by atoms with E-state index in [0.29, 0.717) is 16.7 Å². The minimum absolute atomic E-state index is 0.0738. The van der Waals surface area contributed by atoms with Gasteiger partial charge < -0.3 is 33.9 Å². The maximum Gasteiger partial charge on any atom is 0.343 e. The van der Waals surface area contributed by atoms with Gasteiger partial charge >= 0.3 is 17.9 Å². The Morgan fingerprint density at radius 2 is 1.61 bits per heavy atom. The lowest BCUT2D eigenvalue weighted by Crippen LogP contribution is -2.67. The van der Waals surface area contributed by atoms with Gasteiger partial charge in [0.15, 0.2) is 23.6 Å². The smallest absolute Gasteiger partial charge is 0.343 e. The maximum absolute atomic E-state index is 14.0. The van der Waals surface area contributed by atoms with Crippen molar-refractivity contribution in [3.63, 3.8) is 0 Å². The van der Waals surface area contributed by atoms with Gasteiger partial charge in [-0.2, -0.15) is 0 Å². The van der Waals surface area contributed by atoms with E-state index in [1.54, 1.807) is 48.5 Å². The maximum atomic E-state index is 14.0. The van der Waals surface area contributed by atoms with Crippen molar-refractivity contribution >= 4 is 39.6 Å². The molecule has 0 unspecified atom stereocenters. The zero-order valence-electron chi connectivity index (χ0n) is 25.5. The second kappa shape index (κ2) is 9.25. The van der Waals surface area contributed by atoms with Crippen LogP contribution in [-0.2, 0) is 44.7 Å². The third-order valence-corrected chi connectivity index (χ3v) is 12.2. The Balaban J connectivity index is 1.19. The fourth-order valence-corrected chi connectivity index (χ4v) is 10.3. The third kappa shape index (κ3) is 3.13. The molecule has 2 N–H and O–H groups in total. The van der Waals surface area contributed by atoms with Crippen LogP contribution in [0.1, 0.15) is 55.6 Å². The minimum atomic E-state index is -2.28. The van der Waals surface area contributed by atoms with Crippen molar-refractivity contribution in [2.45, 2.75) is 82.6 Å². The number of hydrogen-bond donors (Lipinski definition) is 2. The fraction of sp³-hybridized carbons (Fsp3) is 0.529. The summed E-state index contributed by atoms with van der Waals surface area (Å²) in [7, 11) is 0.